The Morgan fingerprint density at radius 1 is 1.13 bits per heavy atom. The molecule has 2 heterocycles. The molecule has 1 atom stereocenters. The van der Waals surface area contributed by atoms with Crippen molar-refractivity contribution in [1.29, 1.82) is 0 Å². The minimum Gasteiger partial charge on any atom is -0.487 e. The highest BCUT2D eigenvalue weighted by molar-refractivity contribution is 6.32. The second kappa shape index (κ2) is 12.0. The third-order valence-corrected chi connectivity index (χ3v) is 6.82. The maximum Gasteiger partial charge on any atom is 0.141 e. The second-order valence-corrected chi connectivity index (χ2v) is 9.46. The van der Waals surface area contributed by atoms with Gasteiger partial charge in [-0.2, -0.15) is 0 Å². The Balaban J connectivity index is 1.35. The summed E-state index contributed by atoms with van der Waals surface area (Å²) in [6, 6.07) is 14.6. The van der Waals surface area contributed by atoms with Gasteiger partial charge in [0, 0.05) is 49.9 Å². The molecule has 0 spiro atoms. The first-order chi connectivity index (χ1) is 18.5. The van der Waals surface area contributed by atoms with Crippen molar-refractivity contribution in [1.82, 2.24) is 20.2 Å². The van der Waals surface area contributed by atoms with Gasteiger partial charge in [-0.3, -0.25) is 4.90 Å². The van der Waals surface area contributed by atoms with Gasteiger partial charge in [0.05, 0.1) is 23.2 Å². The molecule has 10 heteroatoms. The van der Waals surface area contributed by atoms with Crippen LogP contribution in [0.5, 0.6) is 5.75 Å². The number of rotatable bonds is 9. The number of hydrogen-bond donors (Lipinski definition) is 2. The van der Waals surface area contributed by atoms with Gasteiger partial charge in [0.15, 0.2) is 0 Å². The Morgan fingerprint density at radius 3 is 2.84 bits per heavy atom. The molecule has 0 amide bonds. The quantitative estimate of drug-likeness (QED) is 0.292. The second-order valence-electron chi connectivity index (χ2n) is 9.05. The van der Waals surface area contributed by atoms with Crippen LogP contribution in [0.25, 0.3) is 10.9 Å². The summed E-state index contributed by atoms with van der Waals surface area (Å²) in [6.45, 7) is 3.79. The zero-order chi connectivity index (χ0) is 26.5. The summed E-state index contributed by atoms with van der Waals surface area (Å²) in [7, 11) is 1.67. The number of nitrogens with one attached hydrogen (secondary N) is 2. The van der Waals surface area contributed by atoms with Crippen molar-refractivity contribution in [3.8, 4) is 5.75 Å². The molecule has 3 aromatic carbocycles. The Bertz CT molecular complexity index is 1420. The summed E-state index contributed by atoms with van der Waals surface area (Å²) in [5, 5.41) is 7.50. The van der Waals surface area contributed by atoms with E-state index in [2.05, 4.69) is 25.5 Å². The standard InChI is InChI=1S/C28H28ClF2N5O2/c1-37-10-9-36-8-7-32-15-26(36)21-14-25-22(13-24(21)31)28(34-17-33-25)35-20-5-6-27(23(29)12-20)38-16-18-3-2-4-19(30)11-18/h2-6,11-14,17,26,32H,7-10,15-16H2,1H3,(H,33,34,35). The molecule has 1 aromatic heterocycles. The van der Waals surface area contributed by atoms with Crippen LogP contribution in [0.15, 0.2) is 60.9 Å². The third kappa shape index (κ3) is 6.02. The van der Waals surface area contributed by atoms with E-state index in [1.54, 1.807) is 43.5 Å². The maximum absolute atomic E-state index is 15.5. The van der Waals surface area contributed by atoms with Crippen molar-refractivity contribution in [2.45, 2.75) is 12.6 Å². The number of benzene rings is 3. The van der Waals surface area contributed by atoms with E-state index < -0.39 is 0 Å². The minimum absolute atomic E-state index is 0.117. The number of methoxy groups -OCH3 is 1. The number of halogens is 3. The molecule has 0 radical (unpaired) electrons. The highest BCUT2D eigenvalue weighted by Gasteiger charge is 2.26. The Kier molecular flexibility index (Phi) is 8.29. The van der Waals surface area contributed by atoms with Crippen LogP contribution in [0, 0.1) is 11.6 Å². The fourth-order valence-electron chi connectivity index (χ4n) is 4.60. The van der Waals surface area contributed by atoms with E-state index in [0.29, 0.717) is 57.5 Å². The van der Waals surface area contributed by atoms with Gasteiger partial charge in [-0.05, 0) is 48.0 Å². The normalized spacial score (nSPS) is 16.1. The molecule has 2 N–H and O–H groups in total. The molecule has 1 aliphatic rings. The number of fused-ring (bicyclic) bond motifs is 1. The lowest BCUT2D eigenvalue weighted by Crippen LogP contribution is -2.47. The lowest BCUT2D eigenvalue weighted by molar-refractivity contribution is 0.102. The van der Waals surface area contributed by atoms with Gasteiger partial charge in [-0.25, -0.2) is 18.7 Å². The summed E-state index contributed by atoms with van der Waals surface area (Å²) in [6.07, 6.45) is 1.45. The molecule has 1 saturated heterocycles. The average Bonchev–Trinajstić information content (AvgIpc) is 2.92. The van der Waals surface area contributed by atoms with Gasteiger partial charge in [0.1, 0.15) is 36.1 Å². The molecule has 1 fully saturated rings. The van der Waals surface area contributed by atoms with Crippen LogP contribution in [0.3, 0.4) is 0 Å². The smallest absolute Gasteiger partial charge is 0.141 e. The lowest BCUT2D eigenvalue weighted by Gasteiger charge is -2.36. The van der Waals surface area contributed by atoms with E-state index in [1.165, 1.54) is 24.5 Å². The predicted octanol–water partition coefficient (Wildman–Crippen LogP) is 5.48. The fourth-order valence-corrected chi connectivity index (χ4v) is 4.83. The van der Waals surface area contributed by atoms with Crippen molar-refractivity contribution in [2.24, 2.45) is 0 Å². The molecule has 1 aliphatic heterocycles. The Morgan fingerprint density at radius 2 is 2.03 bits per heavy atom. The van der Waals surface area contributed by atoms with Gasteiger partial charge in [-0.15, -0.1) is 0 Å². The molecule has 5 rings (SSSR count). The maximum atomic E-state index is 15.5. The minimum atomic E-state index is -0.323. The van der Waals surface area contributed by atoms with Gasteiger partial charge < -0.3 is 20.1 Å². The Labute approximate surface area is 224 Å². The van der Waals surface area contributed by atoms with E-state index in [9.17, 15) is 4.39 Å². The third-order valence-electron chi connectivity index (χ3n) is 6.53. The van der Waals surface area contributed by atoms with E-state index in [-0.39, 0.29) is 24.3 Å². The van der Waals surface area contributed by atoms with Gasteiger partial charge in [0.2, 0.25) is 0 Å². The first kappa shape index (κ1) is 26.2. The fraction of sp³-hybridized carbons (Fsp3) is 0.286. The first-order valence-electron chi connectivity index (χ1n) is 12.3. The van der Waals surface area contributed by atoms with Crippen LogP contribution < -0.4 is 15.4 Å². The lowest BCUT2D eigenvalue weighted by atomic mass is 10.0. The van der Waals surface area contributed by atoms with Crippen molar-refractivity contribution in [3.05, 3.63) is 88.7 Å². The summed E-state index contributed by atoms with van der Waals surface area (Å²) in [5.74, 6) is 0.286. The molecule has 1 unspecified atom stereocenters. The van der Waals surface area contributed by atoms with Crippen LogP contribution >= 0.6 is 11.6 Å². The van der Waals surface area contributed by atoms with Gasteiger partial charge in [0.25, 0.3) is 0 Å². The molecule has 198 valence electrons. The van der Waals surface area contributed by atoms with Crippen LogP contribution in [0.2, 0.25) is 5.02 Å². The van der Waals surface area contributed by atoms with Crippen molar-refractivity contribution in [3.63, 3.8) is 0 Å². The van der Waals surface area contributed by atoms with Crippen molar-refractivity contribution in [2.75, 3.05) is 45.2 Å². The van der Waals surface area contributed by atoms with E-state index >= 15 is 4.39 Å². The number of aromatic nitrogens is 2. The Hall–Kier alpha value is -3.37. The van der Waals surface area contributed by atoms with Crippen molar-refractivity contribution < 1.29 is 18.3 Å². The topological polar surface area (TPSA) is 71.5 Å². The molecule has 4 aromatic rings. The zero-order valence-corrected chi connectivity index (χ0v) is 21.6. The zero-order valence-electron chi connectivity index (χ0n) is 20.9. The van der Waals surface area contributed by atoms with E-state index in [1.807, 2.05) is 0 Å². The van der Waals surface area contributed by atoms with Crippen LogP contribution in [0.4, 0.5) is 20.3 Å². The van der Waals surface area contributed by atoms with Crippen molar-refractivity contribution >= 4 is 34.0 Å². The van der Waals surface area contributed by atoms with Gasteiger partial charge in [-0.1, -0.05) is 23.7 Å². The molecule has 0 aliphatic carbocycles. The monoisotopic (exact) mass is 539 g/mol. The van der Waals surface area contributed by atoms with E-state index in [0.717, 1.165) is 19.6 Å². The highest BCUT2D eigenvalue weighted by Crippen LogP contribution is 2.33. The van der Waals surface area contributed by atoms with Crippen LogP contribution in [0.1, 0.15) is 17.2 Å². The molecule has 0 saturated carbocycles. The largest absolute Gasteiger partial charge is 0.487 e. The van der Waals surface area contributed by atoms with Gasteiger partial charge >= 0.3 is 0 Å². The molecule has 0 bridgehead atoms. The summed E-state index contributed by atoms with van der Waals surface area (Å²) in [5.41, 5.74) is 2.58. The number of anilines is 2. The number of hydrogen-bond acceptors (Lipinski definition) is 7. The SMILES string of the molecule is COCCN1CCNCC1c1cc2ncnc(Nc3ccc(OCc4cccc(F)c4)c(Cl)c3)c2cc1F. The summed E-state index contributed by atoms with van der Waals surface area (Å²) in [4.78, 5) is 11.0. The summed E-state index contributed by atoms with van der Waals surface area (Å²) < 4.78 is 39.9. The summed E-state index contributed by atoms with van der Waals surface area (Å²) >= 11 is 6.44. The van der Waals surface area contributed by atoms with Crippen LogP contribution in [-0.2, 0) is 11.3 Å². The number of nitrogens with zero attached hydrogens (tertiary/aromatic N) is 3. The molecule has 7 nitrogen and oxygen atoms in total. The van der Waals surface area contributed by atoms with Crippen LogP contribution in [-0.4, -0.2) is 54.8 Å². The first-order valence-corrected chi connectivity index (χ1v) is 12.7. The molecular formula is C28H28ClF2N5O2. The molecular weight excluding hydrogens is 512 g/mol. The highest BCUT2D eigenvalue weighted by atomic mass is 35.5. The molecule has 38 heavy (non-hydrogen) atoms. The predicted molar refractivity (Wildman–Crippen MR) is 144 cm³/mol. The number of piperazine rings is 1. The average molecular weight is 540 g/mol. The number of ether oxygens (including phenoxy) is 2. The van der Waals surface area contributed by atoms with E-state index in [4.69, 9.17) is 21.1 Å².